The molecule has 0 saturated heterocycles. The Kier molecular flexibility index (Phi) is 3.26. The number of hydrogen-bond donors (Lipinski definition) is 2. The number of furan rings is 2. The highest BCUT2D eigenvalue weighted by Crippen LogP contribution is 2.20. The van der Waals surface area contributed by atoms with E-state index in [4.69, 9.17) is 13.9 Å². The van der Waals surface area contributed by atoms with Crippen molar-refractivity contribution < 1.29 is 18.7 Å². The Labute approximate surface area is 114 Å². The zero-order chi connectivity index (χ0) is 13.9. The molecule has 0 aliphatic carbocycles. The minimum absolute atomic E-state index is 0.0410. The van der Waals surface area contributed by atoms with E-state index in [1.165, 1.54) is 6.07 Å². The zero-order valence-corrected chi connectivity index (χ0v) is 10.6. The number of benzene rings is 1. The van der Waals surface area contributed by atoms with E-state index < -0.39 is 5.97 Å². The Morgan fingerprint density at radius 1 is 1.20 bits per heavy atom. The maximum absolute atomic E-state index is 10.8. The van der Waals surface area contributed by atoms with Gasteiger partial charge in [0.2, 0.25) is 5.76 Å². The molecule has 5 nitrogen and oxygen atoms in total. The lowest BCUT2D eigenvalue weighted by molar-refractivity contribution is 0.0665. The van der Waals surface area contributed by atoms with E-state index in [2.05, 4.69) is 5.32 Å². The van der Waals surface area contributed by atoms with Gasteiger partial charge in [0.25, 0.3) is 0 Å². The van der Waals surface area contributed by atoms with Crippen LogP contribution < -0.4 is 5.32 Å². The normalized spacial score (nSPS) is 11.0. The fourth-order valence-electron chi connectivity index (χ4n) is 2.05. The van der Waals surface area contributed by atoms with Crippen molar-refractivity contribution in [3.05, 3.63) is 59.7 Å². The maximum atomic E-state index is 10.8. The molecule has 20 heavy (non-hydrogen) atoms. The summed E-state index contributed by atoms with van der Waals surface area (Å²) >= 11 is 0. The molecule has 2 N–H and O–H groups in total. The van der Waals surface area contributed by atoms with Crippen LogP contribution in [0.2, 0.25) is 0 Å². The molecule has 0 bridgehead atoms. The van der Waals surface area contributed by atoms with Crippen molar-refractivity contribution in [2.45, 2.75) is 13.1 Å². The van der Waals surface area contributed by atoms with Crippen molar-refractivity contribution >= 4 is 16.9 Å². The summed E-state index contributed by atoms with van der Waals surface area (Å²) < 4.78 is 10.4. The number of carboxylic acid groups (broad SMARTS) is 1. The second-order valence-corrected chi connectivity index (χ2v) is 4.47. The minimum atomic E-state index is -1.06. The van der Waals surface area contributed by atoms with Crippen molar-refractivity contribution in [2.75, 3.05) is 0 Å². The lowest BCUT2D eigenvalue weighted by atomic mass is 10.1. The standard InChI is InChI=1S/C15H13NO4/c17-15(18)14-7-11-6-10(3-4-13(11)20-14)8-16-9-12-2-1-5-19-12/h1-7,16H,8-9H2,(H,17,18). The maximum Gasteiger partial charge on any atom is 0.371 e. The molecular weight excluding hydrogens is 258 g/mol. The fraction of sp³-hybridized carbons (Fsp3) is 0.133. The molecule has 0 atom stereocenters. The van der Waals surface area contributed by atoms with Crippen LogP contribution in [0.25, 0.3) is 11.0 Å². The van der Waals surface area contributed by atoms with Crippen molar-refractivity contribution in [1.29, 1.82) is 0 Å². The molecule has 0 radical (unpaired) electrons. The van der Waals surface area contributed by atoms with Gasteiger partial charge in [-0.05, 0) is 35.9 Å². The van der Waals surface area contributed by atoms with Gasteiger partial charge in [-0.15, -0.1) is 0 Å². The molecule has 0 unspecified atom stereocenters. The number of fused-ring (bicyclic) bond motifs is 1. The lowest BCUT2D eigenvalue weighted by Gasteiger charge is -2.02. The largest absolute Gasteiger partial charge is 0.475 e. The average Bonchev–Trinajstić information content (AvgIpc) is 3.06. The number of hydrogen-bond acceptors (Lipinski definition) is 4. The van der Waals surface area contributed by atoms with Gasteiger partial charge in [0, 0.05) is 11.9 Å². The van der Waals surface area contributed by atoms with Crippen molar-refractivity contribution in [2.24, 2.45) is 0 Å². The third-order valence-electron chi connectivity index (χ3n) is 3.00. The molecule has 102 valence electrons. The molecule has 0 amide bonds. The first kappa shape index (κ1) is 12.5. The zero-order valence-electron chi connectivity index (χ0n) is 10.6. The lowest BCUT2D eigenvalue weighted by Crippen LogP contribution is -2.11. The highest BCUT2D eigenvalue weighted by Gasteiger charge is 2.10. The van der Waals surface area contributed by atoms with Crippen LogP contribution >= 0.6 is 0 Å². The Hall–Kier alpha value is -2.53. The number of nitrogens with one attached hydrogen (secondary N) is 1. The van der Waals surface area contributed by atoms with Crippen molar-refractivity contribution in [3.8, 4) is 0 Å². The predicted octanol–water partition coefficient (Wildman–Crippen LogP) is 3.01. The Morgan fingerprint density at radius 3 is 2.85 bits per heavy atom. The Balaban J connectivity index is 1.70. The van der Waals surface area contributed by atoms with Crippen LogP contribution in [0.1, 0.15) is 21.9 Å². The first-order valence-electron chi connectivity index (χ1n) is 6.21. The van der Waals surface area contributed by atoms with Crippen LogP contribution in [0.4, 0.5) is 0 Å². The van der Waals surface area contributed by atoms with Gasteiger partial charge in [-0.25, -0.2) is 4.79 Å². The summed E-state index contributed by atoms with van der Waals surface area (Å²) in [5, 5.41) is 12.9. The van der Waals surface area contributed by atoms with E-state index in [1.807, 2.05) is 24.3 Å². The van der Waals surface area contributed by atoms with E-state index in [1.54, 1.807) is 12.3 Å². The first-order valence-corrected chi connectivity index (χ1v) is 6.21. The fourth-order valence-corrected chi connectivity index (χ4v) is 2.05. The molecule has 5 heteroatoms. The third kappa shape index (κ3) is 2.57. The van der Waals surface area contributed by atoms with E-state index in [9.17, 15) is 4.79 Å². The van der Waals surface area contributed by atoms with Gasteiger partial charge in [-0.1, -0.05) is 6.07 Å². The van der Waals surface area contributed by atoms with Gasteiger partial charge in [0.1, 0.15) is 11.3 Å². The molecule has 1 aromatic carbocycles. The molecule has 3 rings (SSSR count). The minimum Gasteiger partial charge on any atom is -0.475 e. The SMILES string of the molecule is O=C(O)c1cc2cc(CNCc3ccco3)ccc2o1. The molecule has 0 aliphatic rings. The highest BCUT2D eigenvalue weighted by molar-refractivity contribution is 5.91. The monoisotopic (exact) mass is 271 g/mol. The third-order valence-corrected chi connectivity index (χ3v) is 3.00. The number of carbonyl (C=O) groups is 1. The number of rotatable bonds is 5. The van der Waals surface area contributed by atoms with Gasteiger partial charge in [-0.3, -0.25) is 0 Å². The predicted molar refractivity (Wildman–Crippen MR) is 72.4 cm³/mol. The first-order chi connectivity index (χ1) is 9.72. The van der Waals surface area contributed by atoms with Crippen LogP contribution in [0, 0.1) is 0 Å². The van der Waals surface area contributed by atoms with Crippen LogP contribution in [0.15, 0.2) is 51.5 Å². The van der Waals surface area contributed by atoms with Gasteiger partial charge >= 0.3 is 5.97 Å². The quantitative estimate of drug-likeness (QED) is 0.746. The van der Waals surface area contributed by atoms with Crippen molar-refractivity contribution in [3.63, 3.8) is 0 Å². The molecule has 2 heterocycles. The number of aromatic carboxylic acids is 1. The smallest absolute Gasteiger partial charge is 0.371 e. The molecular formula is C15H13NO4. The molecule has 0 spiro atoms. The van der Waals surface area contributed by atoms with Gasteiger partial charge < -0.3 is 19.3 Å². The van der Waals surface area contributed by atoms with Crippen LogP contribution in [-0.4, -0.2) is 11.1 Å². The Morgan fingerprint density at radius 2 is 2.10 bits per heavy atom. The van der Waals surface area contributed by atoms with E-state index in [-0.39, 0.29) is 5.76 Å². The second-order valence-electron chi connectivity index (χ2n) is 4.47. The molecule has 3 aromatic rings. The van der Waals surface area contributed by atoms with E-state index in [0.29, 0.717) is 18.7 Å². The summed E-state index contributed by atoms with van der Waals surface area (Å²) in [7, 11) is 0. The summed E-state index contributed by atoms with van der Waals surface area (Å²) in [6, 6.07) is 10.9. The summed E-state index contributed by atoms with van der Waals surface area (Å²) in [6.07, 6.45) is 1.64. The highest BCUT2D eigenvalue weighted by atomic mass is 16.4. The molecule has 2 aromatic heterocycles. The second kappa shape index (κ2) is 5.22. The van der Waals surface area contributed by atoms with Gasteiger partial charge in [0.05, 0.1) is 12.8 Å². The van der Waals surface area contributed by atoms with Gasteiger partial charge in [0.15, 0.2) is 0 Å². The van der Waals surface area contributed by atoms with E-state index >= 15 is 0 Å². The molecule has 0 saturated carbocycles. The van der Waals surface area contributed by atoms with Crippen LogP contribution in [0.5, 0.6) is 0 Å². The topological polar surface area (TPSA) is 75.6 Å². The molecule has 0 aliphatic heterocycles. The average molecular weight is 271 g/mol. The van der Waals surface area contributed by atoms with Crippen LogP contribution in [-0.2, 0) is 13.1 Å². The molecule has 0 fully saturated rings. The summed E-state index contributed by atoms with van der Waals surface area (Å²) in [5.74, 6) is -0.220. The van der Waals surface area contributed by atoms with Crippen LogP contribution in [0.3, 0.4) is 0 Å². The summed E-state index contributed by atoms with van der Waals surface area (Å²) in [4.78, 5) is 10.8. The summed E-state index contributed by atoms with van der Waals surface area (Å²) in [5.41, 5.74) is 1.64. The van der Waals surface area contributed by atoms with E-state index in [0.717, 1.165) is 16.7 Å². The number of carboxylic acids is 1. The van der Waals surface area contributed by atoms with Gasteiger partial charge in [-0.2, -0.15) is 0 Å². The van der Waals surface area contributed by atoms with Crippen molar-refractivity contribution in [1.82, 2.24) is 5.32 Å². The summed E-state index contributed by atoms with van der Waals surface area (Å²) in [6.45, 7) is 1.32. The Bertz CT molecular complexity index is 728.